The van der Waals surface area contributed by atoms with Crippen LogP contribution in [0.4, 0.5) is 4.39 Å². The number of nitriles is 1. The zero-order chi connectivity index (χ0) is 15.4. The maximum atomic E-state index is 13.3. The van der Waals surface area contributed by atoms with Gasteiger partial charge in [0.05, 0.1) is 5.56 Å². The summed E-state index contributed by atoms with van der Waals surface area (Å²) in [4.78, 5) is 0. The van der Waals surface area contributed by atoms with E-state index in [9.17, 15) is 4.39 Å². The first-order valence-corrected chi connectivity index (χ1v) is 6.93. The minimum Gasteiger partial charge on any atom is -0.489 e. The van der Waals surface area contributed by atoms with E-state index in [0.717, 1.165) is 22.4 Å². The van der Waals surface area contributed by atoms with Gasteiger partial charge in [0.2, 0.25) is 0 Å². The van der Waals surface area contributed by atoms with Crippen molar-refractivity contribution in [1.82, 2.24) is 0 Å². The van der Waals surface area contributed by atoms with E-state index in [1.54, 1.807) is 6.07 Å². The molecule has 0 saturated carbocycles. The molecule has 2 aromatic carbocycles. The van der Waals surface area contributed by atoms with Crippen LogP contribution in [-0.2, 0) is 6.61 Å². The maximum Gasteiger partial charge on any atom is 0.140 e. The molecule has 0 fully saturated rings. The van der Waals surface area contributed by atoms with Gasteiger partial charge in [0.1, 0.15) is 24.2 Å². The highest BCUT2D eigenvalue weighted by Crippen LogP contribution is 2.28. The van der Waals surface area contributed by atoms with Gasteiger partial charge < -0.3 is 4.74 Å². The summed E-state index contributed by atoms with van der Waals surface area (Å²) in [5.74, 6) is 0.705. The second-order valence-electron chi connectivity index (χ2n) is 5.41. The van der Waals surface area contributed by atoms with Crippen molar-refractivity contribution in [2.45, 2.75) is 33.3 Å². The van der Waals surface area contributed by atoms with Crippen molar-refractivity contribution in [3.05, 3.63) is 64.5 Å². The molecule has 21 heavy (non-hydrogen) atoms. The van der Waals surface area contributed by atoms with Gasteiger partial charge in [0.15, 0.2) is 0 Å². The second kappa shape index (κ2) is 6.41. The van der Waals surface area contributed by atoms with E-state index < -0.39 is 5.82 Å². The number of rotatable bonds is 4. The predicted octanol–water partition coefficient (Wildman–Crippen LogP) is 4.71. The lowest BCUT2D eigenvalue weighted by Crippen LogP contribution is -2.01. The van der Waals surface area contributed by atoms with Gasteiger partial charge in [-0.15, -0.1) is 0 Å². The number of hydrogen-bond donors (Lipinski definition) is 0. The molecule has 108 valence electrons. The van der Waals surface area contributed by atoms with E-state index in [2.05, 4.69) is 26.0 Å². The summed E-state index contributed by atoms with van der Waals surface area (Å²) in [5, 5.41) is 8.85. The fourth-order valence-corrected chi connectivity index (χ4v) is 2.15. The third kappa shape index (κ3) is 3.61. The van der Waals surface area contributed by atoms with Crippen molar-refractivity contribution in [1.29, 1.82) is 5.26 Å². The molecule has 0 N–H and O–H groups in total. The van der Waals surface area contributed by atoms with Crippen LogP contribution in [-0.4, -0.2) is 0 Å². The van der Waals surface area contributed by atoms with Crippen LogP contribution in [0.25, 0.3) is 0 Å². The van der Waals surface area contributed by atoms with Crippen LogP contribution in [0.5, 0.6) is 5.75 Å². The summed E-state index contributed by atoms with van der Waals surface area (Å²) >= 11 is 0. The third-order valence-corrected chi connectivity index (χ3v) is 3.34. The zero-order valence-electron chi connectivity index (χ0n) is 12.5. The second-order valence-corrected chi connectivity index (χ2v) is 5.41. The van der Waals surface area contributed by atoms with Crippen molar-refractivity contribution in [3.8, 4) is 11.8 Å². The van der Waals surface area contributed by atoms with Crippen LogP contribution in [0.2, 0.25) is 0 Å². The first kappa shape index (κ1) is 15.1. The van der Waals surface area contributed by atoms with Crippen LogP contribution in [0.15, 0.2) is 36.4 Å². The van der Waals surface area contributed by atoms with Gasteiger partial charge in [-0.1, -0.05) is 32.0 Å². The molecule has 0 aromatic heterocycles. The normalized spacial score (nSPS) is 10.5. The van der Waals surface area contributed by atoms with E-state index in [-0.39, 0.29) is 5.56 Å². The van der Waals surface area contributed by atoms with E-state index in [0.29, 0.717) is 12.5 Å². The lowest BCUT2D eigenvalue weighted by atomic mass is 10.0. The molecule has 0 aliphatic rings. The SMILES string of the molecule is Cc1ccc(C(C)C)c(OCc2ccc(F)c(C#N)c2)c1. The lowest BCUT2D eigenvalue weighted by Gasteiger charge is -2.15. The minimum absolute atomic E-state index is 0.0458. The molecular weight excluding hydrogens is 265 g/mol. The largest absolute Gasteiger partial charge is 0.489 e. The molecule has 0 unspecified atom stereocenters. The summed E-state index contributed by atoms with van der Waals surface area (Å²) in [6, 6.07) is 12.4. The summed E-state index contributed by atoms with van der Waals surface area (Å²) in [6.07, 6.45) is 0. The number of hydrogen-bond acceptors (Lipinski definition) is 2. The number of halogens is 1. The van der Waals surface area contributed by atoms with Crippen LogP contribution in [0.3, 0.4) is 0 Å². The molecule has 0 amide bonds. The maximum absolute atomic E-state index is 13.3. The monoisotopic (exact) mass is 283 g/mol. The first-order valence-electron chi connectivity index (χ1n) is 6.93. The average molecular weight is 283 g/mol. The Bertz CT molecular complexity index is 686. The van der Waals surface area contributed by atoms with Gasteiger partial charge in [-0.25, -0.2) is 4.39 Å². The fraction of sp³-hybridized carbons (Fsp3) is 0.278. The molecule has 2 aromatic rings. The Labute approximate surface area is 124 Å². The van der Waals surface area contributed by atoms with Gasteiger partial charge in [0.25, 0.3) is 0 Å². The quantitative estimate of drug-likeness (QED) is 0.814. The van der Waals surface area contributed by atoms with E-state index in [1.165, 1.54) is 12.1 Å². The van der Waals surface area contributed by atoms with Gasteiger partial charge in [-0.3, -0.25) is 0 Å². The topological polar surface area (TPSA) is 33.0 Å². The van der Waals surface area contributed by atoms with Crippen molar-refractivity contribution < 1.29 is 9.13 Å². The van der Waals surface area contributed by atoms with Crippen molar-refractivity contribution in [2.24, 2.45) is 0 Å². The molecule has 0 aliphatic heterocycles. The molecule has 0 bridgehead atoms. The van der Waals surface area contributed by atoms with Crippen LogP contribution in [0, 0.1) is 24.1 Å². The Morgan fingerprint density at radius 1 is 1.19 bits per heavy atom. The first-order chi connectivity index (χ1) is 10.0. The third-order valence-electron chi connectivity index (χ3n) is 3.34. The Balaban J connectivity index is 2.20. The zero-order valence-corrected chi connectivity index (χ0v) is 12.5. The van der Waals surface area contributed by atoms with E-state index >= 15 is 0 Å². The standard InChI is InChI=1S/C18H18FNO/c1-12(2)16-6-4-13(3)8-18(16)21-11-14-5-7-17(19)15(9-14)10-20/h4-9,12H,11H2,1-3H3. The fourth-order valence-electron chi connectivity index (χ4n) is 2.15. The summed E-state index contributed by atoms with van der Waals surface area (Å²) in [6.45, 7) is 6.56. The molecule has 3 heteroatoms. The Hall–Kier alpha value is -2.34. The predicted molar refractivity (Wildman–Crippen MR) is 80.7 cm³/mol. The van der Waals surface area contributed by atoms with Gasteiger partial charge >= 0.3 is 0 Å². The molecule has 0 spiro atoms. The Morgan fingerprint density at radius 3 is 2.62 bits per heavy atom. The highest BCUT2D eigenvalue weighted by molar-refractivity contribution is 5.40. The van der Waals surface area contributed by atoms with Crippen LogP contribution < -0.4 is 4.74 Å². The molecule has 0 saturated heterocycles. The van der Waals surface area contributed by atoms with Crippen molar-refractivity contribution in [2.75, 3.05) is 0 Å². The minimum atomic E-state index is -0.500. The molecular formula is C18H18FNO. The Morgan fingerprint density at radius 2 is 1.95 bits per heavy atom. The highest BCUT2D eigenvalue weighted by Gasteiger charge is 2.09. The van der Waals surface area contributed by atoms with Crippen molar-refractivity contribution >= 4 is 0 Å². The van der Waals surface area contributed by atoms with Crippen LogP contribution in [0.1, 0.15) is 42.0 Å². The molecule has 2 rings (SSSR count). The van der Waals surface area contributed by atoms with Gasteiger partial charge in [0, 0.05) is 0 Å². The van der Waals surface area contributed by atoms with Crippen molar-refractivity contribution in [3.63, 3.8) is 0 Å². The van der Waals surface area contributed by atoms with Gasteiger partial charge in [-0.05, 0) is 47.7 Å². The molecule has 2 nitrogen and oxygen atoms in total. The lowest BCUT2D eigenvalue weighted by molar-refractivity contribution is 0.301. The molecule has 0 aliphatic carbocycles. The smallest absolute Gasteiger partial charge is 0.140 e. The molecule has 0 heterocycles. The summed E-state index contributed by atoms with van der Waals surface area (Å²) < 4.78 is 19.2. The van der Waals surface area contributed by atoms with Crippen LogP contribution >= 0.6 is 0 Å². The number of ether oxygens (including phenoxy) is 1. The molecule has 0 radical (unpaired) electrons. The number of nitrogens with zero attached hydrogens (tertiary/aromatic N) is 1. The van der Waals surface area contributed by atoms with E-state index in [1.807, 2.05) is 19.1 Å². The summed E-state index contributed by atoms with van der Waals surface area (Å²) in [5.41, 5.74) is 3.10. The van der Waals surface area contributed by atoms with Gasteiger partial charge in [-0.2, -0.15) is 5.26 Å². The summed E-state index contributed by atoms with van der Waals surface area (Å²) in [7, 11) is 0. The number of benzene rings is 2. The van der Waals surface area contributed by atoms with E-state index in [4.69, 9.17) is 10.00 Å². The number of aryl methyl sites for hydroxylation is 1. The molecule has 0 atom stereocenters. The average Bonchev–Trinajstić information content (AvgIpc) is 2.46. The Kier molecular flexibility index (Phi) is 4.59. The highest BCUT2D eigenvalue weighted by atomic mass is 19.1.